The Kier molecular flexibility index (Phi) is 6.42. The summed E-state index contributed by atoms with van der Waals surface area (Å²) in [6, 6.07) is 55.6. The highest BCUT2D eigenvalue weighted by molar-refractivity contribution is 6.16. The van der Waals surface area contributed by atoms with Gasteiger partial charge in [-0.2, -0.15) is 0 Å². The minimum Gasteiger partial charge on any atom is -0.455 e. The van der Waals surface area contributed by atoms with Crippen molar-refractivity contribution in [2.75, 3.05) is 0 Å². The summed E-state index contributed by atoms with van der Waals surface area (Å²) in [5.74, 6) is 1.74. The molecule has 0 aliphatic heterocycles. The van der Waals surface area contributed by atoms with Crippen LogP contribution in [0.5, 0.6) is 0 Å². The molecule has 0 amide bonds. The van der Waals surface area contributed by atoms with Crippen molar-refractivity contribution < 1.29 is 8.83 Å². The number of hydrogen-bond acceptors (Lipinski definition) is 5. The van der Waals surface area contributed by atoms with Crippen LogP contribution in [0.25, 0.3) is 100 Å². The molecule has 0 saturated carbocycles. The Labute approximate surface area is 287 Å². The van der Waals surface area contributed by atoms with Crippen LogP contribution in [0.15, 0.2) is 173 Å². The first-order valence-electron chi connectivity index (χ1n) is 16.6. The molecule has 3 aromatic heterocycles. The van der Waals surface area contributed by atoms with Gasteiger partial charge in [0.2, 0.25) is 0 Å². The molecule has 0 unspecified atom stereocenters. The maximum absolute atomic E-state index is 6.87. The van der Waals surface area contributed by atoms with Crippen LogP contribution in [-0.2, 0) is 0 Å². The average Bonchev–Trinajstić information content (AvgIpc) is 3.77. The third-order valence-electron chi connectivity index (χ3n) is 9.36. The van der Waals surface area contributed by atoms with Crippen molar-refractivity contribution in [2.24, 2.45) is 0 Å². The molecule has 0 aliphatic rings. The highest BCUT2D eigenvalue weighted by Gasteiger charge is 2.21. The number of para-hydroxylation sites is 4. The van der Waals surface area contributed by atoms with Crippen LogP contribution in [0, 0.1) is 0 Å². The molecule has 7 aromatic carbocycles. The summed E-state index contributed by atoms with van der Waals surface area (Å²) < 4.78 is 13.3. The van der Waals surface area contributed by atoms with Gasteiger partial charge in [0.1, 0.15) is 22.3 Å². The predicted octanol–water partition coefficient (Wildman–Crippen LogP) is 12.0. The zero-order valence-corrected chi connectivity index (χ0v) is 26.7. The van der Waals surface area contributed by atoms with E-state index in [9.17, 15) is 0 Å². The standard InChI is InChI=1S/C45H27N3O2/c1-3-13-28(14-4-1)30-17-9-18-31(27-30)44-46-43(29-15-5-2-6-16-29)47-45(48-44)38-25-12-24-37-36-23-11-22-35(41(36)50-42(37)38)34-21-10-20-33-32-19-7-8-26-39(32)49-40(33)34/h1-27H. The summed E-state index contributed by atoms with van der Waals surface area (Å²) in [5.41, 5.74) is 10.0. The highest BCUT2D eigenvalue weighted by Crippen LogP contribution is 2.43. The molecule has 0 radical (unpaired) electrons. The fraction of sp³-hybridized carbons (Fsp3) is 0. The smallest absolute Gasteiger partial charge is 0.167 e. The first-order chi connectivity index (χ1) is 24.8. The van der Waals surface area contributed by atoms with E-state index in [0.717, 1.165) is 82.8 Å². The van der Waals surface area contributed by atoms with Crippen molar-refractivity contribution >= 4 is 43.9 Å². The monoisotopic (exact) mass is 641 g/mol. The lowest BCUT2D eigenvalue weighted by atomic mass is 9.99. The van der Waals surface area contributed by atoms with Crippen molar-refractivity contribution in [3.8, 4) is 56.4 Å². The first-order valence-corrected chi connectivity index (χ1v) is 16.6. The van der Waals surface area contributed by atoms with Crippen LogP contribution >= 0.6 is 0 Å². The molecule has 0 saturated heterocycles. The van der Waals surface area contributed by atoms with E-state index in [1.807, 2.05) is 91.0 Å². The van der Waals surface area contributed by atoms with E-state index in [4.69, 9.17) is 23.8 Å². The molecule has 5 heteroatoms. The van der Waals surface area contributed by atoms with Crippen molar-refractivity contribution in [3.05, 3.63) is 164 Å². The summed E-state index contributed by atoms with van der Waals surface area (Å²) in [5, 5.41) is 4.18. The Morgan fingerprint density at radius 3 is 1.48 bits per heavy atom. The molecule has 10 aromatic rings. The van der Waals surface area contributed by atoms with Gasteiger partial charge in [0.05, 0.1) is 5.56 Å². The van der Waals surface area contributed by atoms with E-state index < -0.39 is 0 Å². The number of nitrogens with zero attached hydrogens (tertiary/aromatic N) is 3. The molecule has 5 nitrogen and oxygen atoms in total. The molecular formula is C45H27N3O2. The number of hydrogen-bond donors (Lipinski definition) is 0. The number of rotatable bonds is 5. The Hall–Kier alpha value is -6.85. The van der Waals surface area contributed by atoms with Crippen molar-refractivity contribution in [1.82, 2.24) is 15.0 Å². The fourth-order valence-electron chi connectivity index (χ4n) is 6.98. The summed E-state index contributed by atoms with van der Waals surface area (Å²) in [6.45, 7) is 0. The van der Waals surface area contributed by atoms with Gasteiger partial charge in [-0.1, -0.05) is 146 Å². The molecule has 234 valence electrons. The molecule has 0 aliphatic carbocycles. The van der Waals surface area contributed by atoms with Crippen LogP contribution in [0.1, 0.15) is 0 Å². The topological polar surface area (TPSA) is 65.0 Å². The Bertz CT molecular complexity index is 2870. The van der Waals surface area contributed by atoms with Gasteiger partial charge in [0.25, 0.3) is 0 Å². The minimum absolute atomic E-state index is 0.546. The molecule has 0 fully saturated rings. The van der Waals surface area contributed by atoms with Gasteiger partial charge in [0.15, 0.2) is 17.5 Å². The molecule has 0 atom stereocenters. The number of aromatic nitrogens is 3. The van der Waals surface area contributed by atoms with E-state index in [-0.39, 0.29) is 0 Å². The fourth-order valence-corrected chi connectivity index (χ4v) is 6.98. The maximum Gasteiger partial charge on any atom is 0.167 e. The maximum atomic E-state index is 6.87. The van der Waals surface area contributed by atoms with E-state index in [0.29, 0.717) is 17.5 Å². The lowest BCUT2D eigenvalue weighted by Crippen LogP contribution is -2.00. The average molecular weight is 642 g/mol. The minimum atomic E-state index is 0.546. The molecular weight excluding hydrogens is 615 g/mol. The zero-order valence-electron chi connectivity index (χ0n) is 26.7. The van der Waals surface area contributed by atoms with Gasteiger partial charge in [-0.05, 0) is 29.3 Å². The second-order valence-electron chi connectivity index (χ2n) is 12.4. The molecule has 10 rings (SSSR count). The molecule has 3 heterocycles. The Morgan fingerprint density at radius 2 is 0.760 bits per heavy atom. The van der Waals surface area contributed by atoms with Crippen LogP contribution in [-0.4, -0.2) is 15.0 Å². The van der Waals surface area contributed by atoms with E-state index >= 15 is 0 Å². The van der Waals surface area contributed by atoms with Crippen molar-refractivity contribution in [1.29, 1.82) is 0 Å². The molecule has 0 N–H and O–H groups in total. The van der Waals surface area contributed by atoms with E-state index in [2.05, 4.69) is 72.8 Å². The van der Waals surface area contributed by atoms with Crippen LogP contribution in [0.4, 0.5) is 0 Å². The van der Waals surface area contributed by atoms with Crippen molar-refractivity contribution in [3.63, 3.8) is 0 Å². The molecule has 50 heavy (non-hydrogen) atoms. The Balaban J connectivity index is 1.18. The van der Waals surface area contributed by atoms with Gasteiger partial charge < -0.3 is 8.83 Å². The summed E-state index contributed by atoms with van der Waals surface area (Å²) in [7, 11) is 0. The third kappa shape index (κ3) is 4.60. The predicted molar refractivity (Wildman–Crippen MR) is 202 cm³/mol. The second-order valence-corrected chi connectivity index (χ2v) is 12.4. The lowest BCUT2D eigenvalue weighted by Gasteiger charge is -2.10. The largest absolute Gasteiger partial charge is 0.455 e. The summed E-state index contributed by atoms with van der Waals surface area (Å²) >= 11 is 0. The van der Waals surface area contributed by atoms with Crippen LogP contribution in [0.3, 0.4) is 0 Å². The second kappa shape index (κ2) is 11.4. The zero-order chi connectivity index (χ0) is 33.0. The normalized spacial score (nSPS) is 11.6. The molecule has 0 spiro atoms. The third-order valence-corrected chi connectivity index (χ3v) is 9.36. The van der Waals surface area contributed by atoms with Gasteiger partial charge in [-0.3, -0.25) is 0 Å². The Morgan fingerprint density at radius 1 is 0.300 bits per heavy atom. The highest BCUT2D eigenvalue weighted by atomic mass is 16.3. The number of benzene rings is 7. The van der Waals surface area contributed by atoms with Gasteiger partial charge in [0, 0.05) is 43.8 Å². The summed E-state index contributed by atoms with van der Waals surface area (Å²) in [6.07, 6.45) is 0. The SMILES string of the molecule is c1ccc(-c2cccc(-c3nc(-c4ccccc4)nc(-c4cccc5c4oc4c(-c6cccc7c6oc6ccccc67)cccc45)n3)c2)cc1. The van der Waals surface area contributed by atoms with Crippen LogP contribution < -0.4 is 0 Å². The number of furan rings is 2. The first kappa shape index (κ1) is 28.2. The molecule has 0 bridgehead atoms. The van der Waals surface area contributed by atoms with E-state index in [1.54, 1.807) is 0 Å². The van der Waals surface area contributed by atoms with Gasteiger partial charge >= 0.3 is 0 Å². The van der Waals surface area contributed by atoms with Crippen LogP contribution in [0.2, 0.25) is 0 Å². The van der Waals surface area contributed by atoms with Gasteiger partial charge in [-0.15, -0.1) is 0 Å². The summed E-state index contributed by atoms with van der Waals surface area (Å²) in [4.78, 5) is 15.1. The van der Waals surface area contributed by atoms with E-state index in [1.165, 1.54) is 0 Å². The van der Waals surface area contributed by atoms with Gasteiger partial charge in [-0.25, -0.2) is 15.0 Å². The lowest BCUT2D eigenvalue weighted by molar-refractivity contribution is 0.665. The quantitative estimate of drug-likeness (QED) is 0.187. The number of fused-ring (bicyclic) bond motifs is 6. The van der Waals surface area contributed by atoms with Crippen molar-refractivity contribution in [2.45, 2.75) is 0 Å².